The zero-order valence-corrected chi connectivity index (χ0v) is 15.9. The van der Waals surface area contributed by atoms with Gasteiger partial charge in [-0.15, -0.1) is 0 Å². The average molecular weight is 351 g/mol. The van der Waals surface area contributed by atoms with Crippen molar-refractivity contribution in [2.45, 2.75) is 52.3 Å². The van der Waals surface area contributed by atoms with Crippen LogP contribution in [0.25, 0.3) is 0 Å². The molecule has 1 heterocycles. The van der Waals surface area contributed by atoms with Crippen molar-refractivity contribution in [3.8, 4) is 0 Å². The number of hydrogen-bond donors (Lipinski definition) is 0. The van der Waals surface area contributed by atoms with Crippen molar-refractivity contribution < 1.29 is 23.8 Å². The van der Waals surface area contributed by atoms with E-state index in [0.29, 0.717) is 13.2 Å². The van der Waals surface area contributed by atoms with Crippen LogP contribution in [0.3, 0.4) is 0 Å². The van der Waals surface area contributed by atoms with Gasteiger partial charge in [0.05, 0.1) is 25.7 Å². The van der Waals surface area contributed by atoms with Gasteiger partial charge in [0.25, 0.3) is 5.91 Å². The fraction of sp³-hybridized carbons (Fsp3) is 0.632. The summed E-state index contributed by atoms with van der Waals surface area (Å²) in [7, 11) is 3.06. The zero-order valence-electron chi connectivity index (χ0n) is 15.9. The molecule has 0 aromatic heterocycles. The largest absolute Gasteiger partial charge is 0.370 e. The third kappa shape index (κ3) is 4.79. The molecule has 1 aromatic rings. The van der Waals surface area contributed by atoms with Crippen LogP contribution < -0.4 is 0 Å². The van der Waals surface area contributed by atoms with E-state index in [1.807, 2.05) is 58.0 Å². The highest BCUT2D eigenvalue weighted by Crippen LogP contribution is 2.35. The molecule has 1 aliphatic rings. The minimum Gasteiger partial charge on any atom is -0.370 e. The molecule has 6 nitrogen and oxygen atoms in total. The highest BCUT2D eigenvalue weighted by molar-refractivity contribution is 5.81. The summed E-state index contributed by atoms with van der Waals surface area (Å²) >= 11 is 0. The first kappa shape index (κ1) is 19.8. The fourth-order valence-electron chi connectivity index (χ4n) is 3.02. The SMILES string of the molecule is CON(C)C(=O)C(C)(C)[C@H](OCc1ccccc1)[C@@H]1COC(C)(C)O1. The second-order valence-electron chi connectivity index (χ2n) is 7.29. The van der Waals surface area contributed by atoms with Gasteiger partial charge >= 0.3 is 0 Å². The van der Waals surface area contributed by atoms with E-state index in [1.165, 1.54) is 12.2 Å². The number of carbonyl (C=O) groups is 1. The summed E-state index contributed by atoms with van der Waals surface area (Å²) in [5.74, 6) is -0.868. The van der Waals surface area contributed by atoms with Crippen molar-refractivity contribution in [2.24, 2.45) is 5.41 Å². The lowest BCUT2D eigenvalue weighted by atomic mass is 9.82. The number of rotatable bonds is 7. The normalized spacial score (nSPS) is 21.1. The molecule has 0 N–H and O–H groups in total. The van der Waals surface area contributed by atoms with E-state index in [2.05, 4.69) is 0 Å². The van der Waals surface area contributed by atoms with E-state index in [1.54, 1.807) is 7.05 Å². The number of hydrogen-bond acceptors (Lipinski definition) is 5. The van der Waals surface area contributed by atoms with Gasteiger partial charge in [0.2, 0.25) is 0 Å². The molecule has 0 aliphatic carbocycles. The minimum absolute atomic E-state index is 0.179. The van der Waals surface area contributed by atoms with E-state index in [0.717, 1.165) is 5.56 Å². The molecule has 1 fully saturated rings. The Morgan fingerprint density at radius 3 is 2.52 bits per heavy atom. The Hall–Kier alpha value is -1.47. The number of hydroxylamine groups is 2. The van der Waals surface area contributed by atoms with Gasteiger partial charge in [-0.2, -0.15) is 0 Å². The van der Waals surface area contributed by atoms with Crippen molar-refractivity contribution >= 4 is 5.91 Å². The van der Waals surface area contributed by atoms with Crippen LogP contribution in [0, 0.1) is 5.41 Å². The second kappa shape index (κ2) is 7.83. The van der Waals surface area contributed by atoms with E-state index in [9.17, 15) is 4.79 Å². The van der Waals surface area contributed by atoms with E-state index in [4.69, 9.17) is 19.0 Å². The molecule has 0 saturated carbocycles. The van der Waals surface area contributed by atoms with Crippen LogP contribution in [0.1, 0.15) is 33.3 Å². The second-order valence-corrected chi connectivity index (χ2v) is 7.29. The Bertz CT molecular complexity index is 572. The number of nitrogens with zero attached hydrogens (tertiary/aromatic N) is 1. The van der Waals surface area contributed by atoms with Gasteiger partial charge in [-0.25, -0.2) is 5.06 Å². The maximum absolute atomic E-state index is 12.8. The van der Waals surface area contributed by atoms with Crippen molar-refractivity contribution in [3.63, 3.8) is 0 Å². The third-order valence-electron chi connectivity index (χ3n) is 4.46. The Morgan fingerprint density at radius 2 is 2.00 bits per heavy atom. The Morgan fingerprint density at radius 1 is 1.36 bits per heavy atom. The number of ether oxygens (including phenoxy) is 3. The van der Waals surface area contributed by atoms with Gasteiger partial charge in [0.15, 0.2) is 5.79 Å². The summed E-state index contributed by atoms with van der Waals surface area (Å²) in [6.07, 6.45) is -0.831. The monoisotopic (exact) mass is 351 g/mol. The molecule has 25 heavy (non-hydrogen) atoms. The first-order valence-electron chi connectivity index (χ1n) is 8.47. The molecule has 0 spiro atoms. The predicted octanol–water partition coefficient (Wildman–Crippen LogP) is 2.77. The highest BCUT2D eigenvalue weighted by Gasteiger charge is 2.49. The van der Waals surface area contributed by atoms with E-state index in [-0.39, 0.29) is 12.0 Å². The van der Waals surface area contributed by atoms with Crippen LogP contribution in [0.15, 0.2) is 30.3 Å². The maximum Gasteiger partial charge on any atom is 0.254 e. The molecule has 140 valence electrons. The molecule has 0 radical (unpaired) electrons. The molecule has 0 bridgehead atoms. The standard InChI is InChI=1S/C19H29NO5/c1-18(2,17(21)20(5)22-6)16(15-13-24-19(3,4)25-15)23-12-14-10-8-7-9-11-14/h7-11,15-16H,12-13H2,1-6H3/t15-,16+/m0/s1. The Balaban J connectivity index is 2.20. The van der Waals surface area contributed by atoms with Crippen molar-refractivity contribution in [2.75, 3.05) is 20.8 Å². The molecule has 6 heteroatoms. The van der Waals surface area contributed by atoms with Gasteiger partial charge < -0.3 is 14.2 Å². The van der Waals surface area contributed by atoms with Crippen LogP contribution in [0.2, 0.25) is 0 Å². The van der Waals surface area contributed by atoms with Crippen LogP contribution in [0.4, 0.5) is 0 Å². The average Bonchev–Trinajstić information content (AvgIpc) is 2.93. The predicted molar refractivity (Wildman–Crippen MR) is 93.5 cm³/mol. The van der Waals surface area contributed by atoms with Crippen LogP contribution in [0.5, 0.6) is 0 Å². The van der Waals surface area contributed by atoms with Crippen molar-refractivity contribution in [1.29, 1.82) is 0 Å². The summed E-state index contributed by atoms with van der Waals surface area (Å²) in [5, 5.41) is 1.22. The first-order chi connectivity index (χ1) is 11.7. The van der Waals surface area contributed by atoms with E-state index >= 15 is 0 Å². The van der Waals surface area contributed by atoms with Gasteiger partial charge in [-0.1, -0.05) is 30.3 Å². The lowest BCUT2D eigenvalue weighted by molar-refractivity contribution is -0.201. The number of amides is 1. The van der Waals surface area contributed by atoms with Crippen molar-refractivity contribution in [1.82, 2.24) is 5.06 Å². The summed E-state index contributed by atoms with van der Waals surface area (Å²) in [4.78, 5) is 17.9. The van der Waals surface area contributed by atoms with Crippen LogP contribution in [-0.2, 0) is 30.4 Å². The van der Waals surface area contributed by atoms with Gasteiger partial charge in [0.1, 0.15) is 12.2 Å². The van der Waals surface area contributed by atoms with Crippen LogP contribution >= 0.6 is 0 Å². The fourth-order valence-corrected chi connectivity index (χ4v) is 3.02. The molecule has 2 rings (SSSR count). The summed E-state index contributed by atoms with van der Waals surface area (Å²) in [5.41, 5.74) is 0.183. The summed E-state index contributed by atoms with van der Waals surface area (Å²) < 4.78 is 17.9. The number of carbonyl (C=O) groups excluding carboxylic acids is 1. The lowest BCUT2D eigenvalue weighted by Crippen LogP contribution is -2.52. The van der Waals surface area contributed by atoms with Crippen LogP contribution in [-0.4, -0.2) is 49.7 Å². The quantitative estimate of drug-likeness (QED) is 0.707. The maximum atomic E-state index is 12.8. The molecular formula is C19H29NO5. The molecule has 1 amide bonds. The molecule has 1 aromatic carbocycles. The molecule has 2 atom stereocenters. The summed E-state index contributed by atoms with van der Waals surface area (Å²) in [6, 6.07) is 9.85. The topological polar surface area (TPSA) is 57.2 Å². The van der Waals surface area contributed by atoms with Crippen molar-refractivity contribution in [3.05, 3.63) is 35.9 Å². The zero-order chi connectivity index (χ0) is 18.7. The molecule has 0 unspecified atom stereocenters. The Kier molecular flexibility index (Phi) is 6.21. The minimum atomic E-state index is -0.853. The highest BCUT2D eigenvalue weighted by atomic mass is 16.7. The smallest absolute Gasteiger partial charge is 0.254 e. The molecule has 1 saturated heterocycles. The van der Waals surface area contributed by atoms with Gasteiger partial charge in [-0.05, 0) is 33.3 Å². The Labute approximate surface area is 149 Å². The molecule has 1 aliphatic heterocycles. The van der Waals surface area contributed by atoms with Gasteiger partial charge in [-0.3, -0.25) is 9.63 Å². The first-order valence-corrected chi connectivity index (χ1v) is 8.47. The third-order valence-corrected chi connectivity index (χ3v) is 4.46. The number of benzene rings is 1. The van der Waals surface area contributed by atoms with Gasteiger partial charge in [0, 0.05) is 7.05 Å². The summed E-state index contributed by atoms with van der Waals surface area (Å²) in [6.45, 7) is 8.16. The van der Waals surface area contributed by atoms with E-state index < -0.39 is 17.3 Å². The lowest BCUT2D eigenvalue weighted by Gasteiger charge is -2.37. The molecular weight excluding hydrogens is 322 g/mol.